The molecule has 90 valence electrons. The molecule has 3 rings (SSSR count). The minimum Gasteiger partial charge on any atom is -0.550 e. The second-order valence-electron chi connectivity index (χ2n) is 5.45. The Labute approximate surface area is 100 Å². The van der Waals surface area contributed by atoms with Gasteiger partial charge in [-0.15, -0.1) is 0 Å². The van der Waals surface area contributed by atoms with Crippen LogP contribution in [0.3, 0.4) is 0 Å². The van der Waals surface area contributed by atoms with E-state index >= 15 is 0 Å². The Morgan fingerprint density at radius 1 is 1.29 bits per heavy atom. The first kappa shape index (κ1) is 10.8. The van der Waals surface area contributed by atoms with Crippen LogP contribution >= 0.6 is 0 Å². The fourth-order valence-electron chi connectivity index (χ4n) is 3.52. The predicted octanol–water partition coefficient (Wildman–Crippen LogP) is 1.08. The minimum atomic E-state index is -0.952. The van der Waals surface area contributed by atoms with Gasteiger partial charge < -0.3 is 14.6 Å². The van der Waals surface area contributed by atoms with Crippen LogP contribution in [0.15, 0.2) is 30.3 Å². The molecule has 0 bridgehead atoms. The minimum absolute atomic E-state index is 0.241. The Morgan fingerprint density at radius 2 is 1.94 bits per heavy atom. The third kappa shape index (κ3) is 1.03. The molecule has 1 aromatic carbocycles. The molecule has 17 heavy (non-hydrogen) atoms. The molecule has 2 saturated carbocycles. The maximum Gasteiger partial charge on any atom is 0.100 e. The second kappa shape index (κ2) is 2.91. The zero-order valence-electron chi connectivity index (χ0n) is 10.0. The normalized spacial score (nSPS) is 42.5. The van der Waals surface area contributed by atoms with Gasteiger partial charge in [0.25, 0.3) is 0 Å². The standard InChI is InChI=1S/C14H16O3/c1-12(11(15)16)8-13(12)9-14(13,17-2)10-6-4-3-5-7-10/h3-7H,8-9H2,1-2H3,(H,15,16)/p-1/t12-,13-,14+/m0/s1. The van der Waals surface area contributed by atoms with E-state index in [2.05, 4.69) is 0 Å². The number of hydrogen-bond acceptors (Lipinski definition) is 3. The monoisotopic (exact) mass is 231 g/mol. The molecule has 2 aliphatic rings. The van der Waals surface area contributed by atoms with Crippen LogP contribution in [0.4, 0.5) is 0 Å². The summed E-state index contributed by atoms with van der Waals surface area (Å²) in [6.45, 7) is 1.77. The van der Waals surface area contributed by atoms with Crippen molar-refractivity contribution in [3.63, 3.8) is 0 Å². The molecule has 2 aliphatic carbocycles. The number of hydrogen-bond donors (Lipinski definition) is 0. The van der Waals surface area contributed by atoms with E-state index in [-0.39, 0.29) is 5.41 Å². The summed E-state index contributed by atoms with van der Waals surface area (Å²) in [4.78, 5) is 11.2. The molecule has 3 atom stereocenters. The zero-order chi connectivity index (χ0) is 12.3. The Kier molecular flexibility index (Phi) is 1.84. The number of benzene rings is 1. The highest BCUT2D eigenvalue weighted by Gasteiger charge is 2.87. The molecule has 3 nitrogen and oxygen atoms in total. The van der Waals surface area contributed by atoms with Crippen LogP contribution < -0.4 is 5.11 Å². The smallest absolute Gasteiger partial charge is 0.100 e. The molecule has 1 aromatic rings. The first-order valence-electron chi connectivity index (χ1n) is 5.85. The summed E-state index contributed by atoms with van der Waals surface area (Å²) in [6, 6.07) is 9.88. The van der Waals surface area contributed by atoms with Gasteiger partial charge in [-0.2, -0.15) is 0 Å². The van der Waals surface area contributed by atoms with Gasteiger partial charge >= 0.3 is 0 Å². The summed E-state index contributed by atoms with van der Waals surface area (Å²) in [5.41, 5.74) is -0.302. The highest BCUT2D eigenvalue weighted by molar-refractivity contribution is 5.80. The summed E-state index contributed by atoms with van der Waals surface area (Å²) < 4.78 is 5.67. The van der Waals surface area contributed by atoms with Gasteiger partial charge in [-0.1, -0.05) is 37.3 Å². The molecule has 0 aliphatic heterocycles. The van der Waals surface area contributed by atoms with E-state index in [1.54, 1.807) is 14.0 Å². The van der Waals surface area contributed by atoms with E-state index in [1.807, 2.05) is 30.3 Å². The lowest BCUT2D eigenvalue weighted by Crippen LogP contribution is -2.34. The summed E-state index contributed by atoms with van der Waals surface area (Å²) in [7, 11) is 1.66. The number of rotatable bonds is 3. The number of aliphatic carboxylic acids is 1. The lowest BCUT2D eigenvalue weighted by molar-refractivity contribution is -0.314. The van der Waals surface area contributed by atoms with E-state index in [0.717, 1.165) is 12.0 Å². The van der Waals surface area contributed by atoms with Gasteiger partial charge in [0.15, 0.2) is 0 Å². The maximum atomic E-state index is 11.2. The van der Waals surface area contributed by atoms with Crippen molar-refractivity contribution < 1.29 is 14.6 Å². The van der Waals surface area contributed by atoms with Crippen LogP contribution in [0.2, 0.25) is 0 Å². The number of carbonyl (C=O) groups excluding carboxylic acids is 1. The molecule has 0 saturated heterocycles. The van der Waals surface area contributed by atoms with Crippen molar-refractivity contribution in [1.29, 1.82) is 0 Å². The molecule has 0 unspecified atom stereocenters. The van der Waals surface area contributed by atoms with Gasteiger partial charge in [0.2, 0.25) is 0 Å². The number of carboxylic acid groups (broad SMARTS) is 1. The van der Waals surface area contributed by atoms with Crippen molar-refractivity contribution in [1.82, 2.24) is 0 Å². The van der Waals surface area contributed by atoms with Crippen LogP contribution in [-0.2, 0) is 15.1 Å². The molecule has 1 spiro atoms. The van der Waals surface area contributed by atoms with Crippen LogP contribution in [0.5, 0.6) is 0 Å². The second-order valence-corrected chi connectivity index (χ2v) is 5.45. The van der Waals surface area contributed by atoms with Gasteiger partial charge in [0, 0.05) is 23.9 Å². The van der Waals surface area contributed by atoms with Crippen molar-refractivity contribution in [2.45, 2.75) is 25.4 Å². The van der Waals surface area contributed by atoms with E-state index in [9.17, 15) is 9.90 Å². The molecule has 0 radical (unpaired) electrons. The Hall–Kier alpha value is -1.35. The number of carboxylic acids is 1. The molecule has 0 heterocycles. The summed E-state index contributed by atoms with van der Waals surface area (Å²) >= 11 is 0. The lowest BCUT2D eigenvalue weighted by Gasteiger charge is -2.19. The first-order chi connectivity index (χ1) is 8.02. The van der Waals surface area contributed by atoms with Crippen LogP contribution in [0.1, 0.15) is 25.3 Å². The Bertz CT molecular complexity index is 484. The van der Waals surface area contributed by atoms with Gasteiger partial charge in [-0.05, 0) is 18.4 Å². The van der Waals surface area contributed by atoms with E-state index in [4.69, 9.17) is 4.74 Å². The van der Waals surface area contributed by atoms with Crippen molar-refractivity contribution in [2.75, 3.05) is 7.11 Å². The quantitative estimate of drug-likeness (QED) is 0.782. The maximum absolute atomic E-state index is 11.2. The van der Waals surface area contributed by atoms with Crippen molar-refractivity contribution >= 4 is 5.97 Å². The third-order valence-electron chi connectivity index (χ3n) is 4.82. The van der Waals surface area contributed by atoms with Crippen LogP contribution in [-0.4, -0.2) is 13.1 Å². The fourth-order valence-corrected chi connectivity index (χ4v) is 3.52. The third-order valence-corrected chi connectivity index (χ3v) is 4.82. The Balaban J connectivity index is 1.99. The average molecular weight is 231 g/mol. The van der Waals surface area contributed by atoms with Gasteiger partial charge in [-0.3, -0.25) is 0 Å². The number of carbonyl (C=O) groups is 1. The molecule has 2 fully saturated rings. The highest BCUT2D eigenvalue weighted by atomic mass is 16.5. The molecule has 0 amide bonds. The Morgan fingerprint density at radius 3 is 2.41 bits per heavy atom. The largest absolute Gasteiger partial charge is 0.550 e. The van der Waals surface area contributed by atoms with Crippen molar-refractivity contribution in [3.8, 4) is 0 Å². The summed E-state index contributed by atoms with van der Waals surface area (Å²) in [6.07, 6.45) is 1.44. The zero-order valence-corrected chi connectivity index (χ0v) is 10.0. The van der Waals surface area contributed by atoms with Crippen molar-refractivity contribution in [2.24, 2.45) is 10.8 Å². The average Bonchev–Trinajstić information content (AvgIpc) is 3.18. The van der Waals surface area contributed by atoms with E-state index in [0.29, 0.717) is 6.42 Å². The summed E-state index contributed by atoms with van der Waals surface area (Å²) in [5, 5.41) is 11.2. The summed E-state index contributed by atoms with van der Waals surface area (Å²) in [5.74, 6) is -0.952. The molecule has 3 heteroatoms. The fraction of sp³-hybridized carbons (Fsp3) is 0.500. The van der Waals surface area contributed by atoms with Crippen LogP contribution in [0, 0.1) is 10.8 Å². The van der Waals surface area contributed by atoms with Gasteiger partial charge in [0.1, 0.15) is 5.60 Å². The van der Waals surface area contributed by atoms with Gasteiger partial charge in [0.05, 0.1) is 0 Å². The molecular formula is C14H15O3-. The van der Waals surface area contributed by atoms with Gasteiger partial charge in [-0.25, -0.2) is 0 Å². The highest BCUT2D eigenvalue weighted by Crippen LogP contribution is 2.87. The van der Waals surface area contributed by atoms with E-state index in [1.165, 1.54) is 0 Å². The molecule has 0 aromatic heterocycles. The topological polar surface area (TPSA) is 49.4 Å². The van der Waals surface area contributed by atoms with Crippen molar-refractivity contribution in [3.05, 3.63) is 35.9 Å². The lowest BCUT2D eigenvalue weighted by atomic mass is 9.98. The number of ether oxygens (including phenoxy) is 1. The number of methoxy groups -OCH3 is 1. The first-order valence-corrected chi connectivity index (χ1v) is 5.85. The molecule has 0 N–H and O–H groups in total. The predicted molar refractivity (Wildman–Crippen MR) is 59.9 cm³/mol. The SMILES string of the molecule is CO[C@@]1(c2ccccc2)C[C@]12C[C@@]2(C)C(=O)[O-]. The molecular weight excluding hydrogens is 216 g/mol. The van der Waals surface area contributed by atoms with E-state index < -0.39 is 17.0 Å². The van der Waals surface area contributed by atoms with Crippen LogP contribution in [0.25, 0.3) is 0 Å².